The second-order valence-corrected chi connectivity index (χ2v) is 3.66. The first-order valence-corrected chi connectivity index (χ1v) is 5.33. The number of hydrogen-bond acceptors (Lipinski definition) is 3. The van der Waals surface area contributed by atoms with Crippen molar-refractivity contribution >= 4 is 28.9 Å². The van der Waals surface area contributed by atoms with Gasteiger partial charge in [-0.3, -0.25) is 15.6 Å². The van der Waals surface area contributed by atoms with E-state index in [1.165, 1.54) is 0 Å². The number of rotatable bonds is 1. The largest absolute Gasteiger partial charge is 0.364 e. The summed E-state index contributed by atoms with van der Waals surface area (Å²) in [7, 11) is 1.66. The van der Waals surface area contributed by atoms with Gasteiger partial charge in [0, 0.05) is 19.4 Å². The summed E-state index contributed by atoms with van der Waals surface area (Å²) in [6.45, 7) is 0. The Labute approximate surface area is 103 Å². The molecule has 2 heterocycles. The fourth-order valence-electron chi connectivity index (χ4n) is 1.28. The number of imidazole rings is 1. The number of aromatic nitrogens is 2. The first kappa shape index (κ1) is 11.3. The van der Waals surface area contributed by atoms with Gasteiger partial charge in [-0.15, -0.1) is 0 Å². The summed E-state index contributed by atoms with van der Waals surface area (Å²) in [6, 6.07) is 5.55. The van der Waals surface area contributed by atoms with E-state index in [1.807, 2.05) is 24.4 Å². The monoisotopic (exact) mass is 249 g/mol. The smallest absolute Gasteiger partial charge is 0.289 e. The fraction of sp³-hybridized carbons (Fsp3) is 0.100. The quantitative estimate of drug-likeness (QED) is 0.493. The minimum atomic E-state index is -0.341. The summed E-state index contributed by atoms with van der Waals surface area (Å²) in [6.07, 6.45) is 3.47. The molecule has 0 unspecified atom stereocenters. The van der Waals surface area contributed by atoms with Gasteiger partial charge in [0.1, 0.15) is 11.3 Å². The first-order valence-electron chi connectivity index (χ1n) is 4.92. The van der Waals surface area contributed by atoms with Crippen LogP contribution >= 0.6 is 12.2 Å². The molecular weight excluding hydrogens is 238 g/mol. The fourth-order valence-corrected chi connectivity index (χ4v) is 1.34. The third-order valence-corrected chi connectivity index (χ3v) is 2.42. The van der Waals surface area contributed by atoms with Crippen LogP contribution < -0.4 is 16.2 Å². The van der Waals surface area contributed by atoms with Crippen molar-refractivity contribution in [1.29, 1.82) is 0 Å². The van der Waals surface area contributed by atoms with Crippen LogP contribution in [0, 0.1) is 0 Å². The molecule has 0 saturated carbocycles. The van der Waals surface area contributed by atoms with Crippen LogP contribution in [0.15, 0.2) is 30.6 Å². The maximum atomic E-state index is 11.7. The van der Waals surface area contributed by atoms with E-state index >= 15 is 0 Å². The van der Waals surface area contributed by atoms with Gasteiger partial charge in [0.15, 0.2) is 5.11 Å². The van der Waals surface area contributed by atoms with E-state index in [4.69, 9.17) is 12.2 Å². The Balaban J connectivity index is 2.11. The van der Waals surface area contributed by atoms with Gasteiger partial charge >= 0.3 is 0 Å². The van der Waals surface area contributed by atoms with Crippen LogP contribution in [0.5, 0.6) is 0 Å². The van der Waals surface area contributed by atoms with Crippen LogP contribution in [0.25, 0.3) is 5.65 Å². The van der Waals surface area contributed by atoms with Gasteiger partial charge in [0.25, 0.3) is 5.91 Å². The number of hydrazine groups is 1. The van der Waals surface area contributed by atoms with Crippen molar-refractivity contribution in [2.75, 3.05) is 7.05 Å². The highest BCUT2D eigenvalue weighted by Crippen LogP contribution is 2.03. The highest BCUT2D eigenvalue weighted by molar-refractivity contribution is 7.80. The zero-order chi connectivity index (χ0) is 12.3. The number of nitrogens with zero attached hydrogens (tertiary/aromatic N) is 2. The van der Waals surface area contributed by atoms with Gasteiger partial charge in [-0.05, 0) is 24.4 Å². The van der Waals surface area contributed by atoms with E-state index in [2.05, 4.69) is 21.2 Å². The molecule has 7 heteroatoms. The van der Waals surface area contributed by atoms with E-state index in [9.17, 15) is 4.79 Å². The summed E-state index contributed by atoms with van der Waals surface area (Å²) in [5.41, 5.74) is 6.03. The average molecular weight is 249 g/mol. The maximum Gasteiger partial charge on any atom is 0.289 e. The summed E-state index contributed by atoms with van der Waals surface area (Å²) < 4.78 is 1.77. The molecule has 0 aromatic carbocycles. The molecule has 17 heavy (non-hydrogen) atoms. The van der Waals surface area contributed by atoms with Crippen LogP contribution in [-0.2, 0) is 0 Å². The number of hydrogen-bond donors (Lipinski definition) is 3. The topological polar surface area (TPSA) is 70.5 Å². The molecule has 1 amide bonds. The number of carbonyl (C=O) groups excluding carboxylic acids is 1. The lowest BCUT2D eigenvalue weighted by molar-refractivity contribution is 0.0939. The Kier molecular flexibility index (Phi) is 3.20. The number of fused-ring (bicyclic) bond motifs is 1. The van der Waals surface area contributed by atoms with Crippen LogP contribution in [0.1, 0.15) is 10.5 Å². The van der Waals surface area contributed by atoms with Gasteiger partial charge in [-0.1, -0.05) is 6.07 Å². The van der Waals surface area contributed by atoms with E-state index in [1.54, 1.807) is 17.6 Å². The van der Waals surface area contributed by atoms with Crippen molar-refractivity contribution in [2.24, 2.45) is 0 Å². The summed E-state index contributed by atoms with van der Waals surface area (Å²) in [4.78, 5) is 15.9. The molecule has 3 N–H and O–H groups in total. The molecule has 0 aliphatic heterocycles. The molecule has 6 nitrogen and oxygen atoms in total. The third kappa shape index (κ3) is 2.51. The van der Waals surface area contributed by atoms with Crippen molar-refractivity contribution in [2.45, 2.75) is 0 Å². The van der Waals surface area contributed by atoms with Gasteiger partial charge < -0.3 is 9.72 Å². The first-order chi connectivity index (χ1) is 8.20. The van der Waals surface area contributed by atoms with Crippen LogP contribution in [-0.4, -0.2) is 27.5 Å². The zero-order valence-electron chi connectivity index (χ0n) is 9.10. The minimum Gasteiger partial charge on any atom is -0.364 e. The molecule has 0 aliphatic rings. The van der Waals surface area contributed by atoms with Crippen molar-refractivity contribution in [3.05, 3.63) is 36.3 Å². The number of pyridine rings is 1. The van der Waals surface area contributed by atoms with E-state index < -0.39 is 0 Å². The second-order valence-electron chi connectivity index (χ2n) is 3.25. The molecule has 2 aromatic heterocycles. The lowest BCUT2D eigenvalue weighted by Gasteiger charge is -2.06. The molecule has 0 saturated heterocycles. The Bertz CT molecular complexity index is 532. The number of thiocarbonyl (C=S) groups is 1. The molecule has 2 rings (SSSR count). The van der Waals surface area contributed by atoms with Crippen molar-refractivity contribution in [3.8, 4) is 0 Å². The SMILES string of the molecule is CNC(=S)NNC(=O)c1cn2ccccc2n1. The summed E-state index contributed by atoms with van der Waals surface area (Å²) in [5, 5.41) is 3.01. The summed E-state index contributed by atoms with van der Waals surface area (Å²) >= 11 is 4.83. The van der Waals surface area contributed by atoms with E-state index in [0.29, 0.717) is 16.5 Å². The molecule has 2 aromatic rings. The number of carbonyl (C=O) groups is 1. The second kappa shape index (κ2) is 4.79. The zero-order valence-corrected chi connectivity index (χ0v) is 9.91. The normalized spacial score (nSPS) is 9.94. The van der Waals surface area contributed by atoms with Crippen molar-refractivity contribution < 1.29 is 4.79 Å². The molecule has 0 atom stereocenters. The molecule has 0 spiro atoms. The molecule has 0 bridgehead atoms. The highest BCUT2D eigenvalue weighted by Gasteiger charge is 2.09. The predicted molar refractivity (Wildman–Crippen MR) is 67.5 cm³/mol. The van der Waals surface area contributed by atoms with Gasteiger partial charge in [0.05, 0.1) is 0 Å². The molecule has 0 radical (unpaired) electrons. The number of nitrogens with one attached hydrogen (secondary N) is 3. The lowest BCUT2D eigenvalue weighted by Crippen LogP contribution is -2.45. The Morgan fingerprint density at radius 1 is 1.41 bits per heavy atom. The lowest BCUT2D eigenvalue weighted by atomic mass is 10.5. The van der Waals surface area contributed by atoms with Crippen LogP contribution in [0.4, 0.5) is 0 Å². The maximum absolute atomic E-state index is 11.7. The molecule has 0 fully saturated rings. The Morgan fingerprint density at radius 3 is 2.94 bits per heavy atom. The molecule has 88 valence electrons. The van der Waals surface area contributed by atoms with Gasteiger partial charge in [-0.25, -0.2) is 4.98 Å². The van der Waals surface area contributed by atoms with Crippen molar-refractivity contribution in [3.63, 3.8) is 0 Å². The van der Waals surface area contributed by atoms with Gasteiger partial charge in [0.2, 0.25) is 0 Å². The predicted octanol–water partition coefficient (Wildman–Crippen LogP) is 0.0730. The van der Waals surface area contributed by atoms with E-state index in [0.717, 1.165) is 0 Å². The third-order valence-electron chi connectivity index (χ3n) is 2.11. The minimum absolute atomic E-state index is 0.322. The summed E-state index contributed by atoms with van der Waals surface area (Å²) in [5.74, 6) is -0.341. The number of amides is 1. The van der Waals surface area contributed by atoms with Crippen molar-refractivity contribution in [1.82, 2.24) is 25.6 Å². The van der Waals surface area contributed by atoms with Crippen LogP contribution in [0.3, 0.4) is 0 Å². The van der Waals surface area contributed by atoms with Crippen LogP contribution in [0.2, 0.25) is 0 Å². The Hall–Kier alpha value is -2.15. The highest BCUT2D eigenvalue weighted by atomic mass is 32.1. The van der Waals surface area contributed by atoms with Gasteiger partial charge in [-0.2, -0.15) is 0 Å². The Morgan fingerprint density at radius 2 is 2.24 bits per heavy atom. The molecular formula is C10H11N5OS. The van der Waals surface area contributed by atoms with E-state index in [-0.39, 0.29) is 5.91 Å². The average Bonchev–Trinajstić information content (AvgIpc) is 2.79. The molecule has 0 aliphatic carbocycles. The standard InChI is InChI=1S/C10H11N5OS/c1-11-10(17)14-13-9(16)7-6-15-5-3-2-4-8(15)12-7/h2-6H,1H3,(H,13,16)(H2,11,14,17).